The Labute approximate surface area is 121 Å². The van der Waals surface area contributed by atoms with Crippen molar-refractivity contribution in [1.29, 1.82) is 0 Å². The van der Waals surface area contributed by atoms with Gasteiger partial charge in [0.25, 0.3) is 0 Å². The number of fused-ring (bicyclic) bond motifs is 1. The summed E-state index contributed by atoms with van der Waals surface area (Å²) in [6.45, 7) is 1.91. The number of hydrogen-bond donors (Lipinski definition) is 0. The largest absolute Gasteiger partial charge is 0.459 e. The number of carbonyl (C=O) groups excluding carboxylic acids is 1. The lowest BCUT2D eigenvalue weighted by Gasteiger charge is -2.05. The summed E-state index contributed by atoms with van der Waals surface area (Å²) in [5.41, 5.74) is 2.29. The highest BCUT2D eigenvalue weighted by atomic mass is 16.5. The van der Waals surface area contributed by atoms with Crippen molar-refractivity contribution in [2.75, 3.05) is 0 Å². The number of pyridine rings is 1. The Bertz CT molecular complexity index is 775. The van der Waals surface area contributed by atoms with Crippen LogP contribution >= 0.6 is 0 Å². The molecule has 0 saturated carbocycles. The fourth-order valence-electron chi connectivity index (χ4n) is 2.16. The first-order valence-corrected chi connectivity index (χ1v) is 6.63. The molecule has 0 bridgehead atoms. The van der Waals surface area contributed by atoms with E-state index < -0.39 is 0 Å². The second-order valence-corrected chi connectivity index (χ2v) is 4.76. The second kappa shape index (κ2) is 5.75. The highest BCUT2D eigenvalue weighted by Gasteiger charge is 2.10. The normalized spacial score (nSPS) is 10.7. The van der Waals surface area contributed by atoms with E-state index in [0.717, 1.165) is 16.5 Å². The standard InChI is InChI=1S/C16H14N2O3/c1-11-8-14(18-21-11)10-20-15(19)9-13-5-2-4-12-6-3-7-17-16(12)13/h2-8H,9-10H2,1H3. The molecule has 0 aliphatic rings. The van der Waals surface area contributed by atoms with Crippen LogP contribution in [0.2, 0.25) is 0 Å². The van der Waals surface area contributed by atoms with Crippen LogP contribution in [0.15, 0.2) is 47.1 Å². The van der Waals surface area contributed by atoms with Crippen molar-refractivity contribution in [3.8, 4) is 0 Å². The fourth-order valence-corrected chi connectivity index (χ4v) is 2.16. The van der Waals surface area contributed by atoms with E-state index in [1.165, 1.54) is 0 Å². The van der Waals surface area contributed by atoms with Crippen molar-refractivity contribution in [3.63, 3.8) is 0 Å². The van der Waals surface area contributed by atoms with E-state index in [1.807, 2.05) is 30.3 Å². The first-order valence-electron chi connectivity index (χ1n) is 6.63. The van der Waals surface area contributed by atoms with E-state index in [9.17, 15) is 4.79 Å². The van der Waals surface area contributed by atoms with Gasteiger partial charge in [0.15, 0.2) is 0 Å². The van der Waals surface area contributed by atoms with Crippen molar-refractivity contribution < 1.29 is 14.1 Å². The third kappa shape index (κ3) is 3.08. The molecular weight excluding hydrogens is 268 g/mol. The maximum atomic E-state index is 11.9. The molecule has 0 spiro atoms. The zero-order valence-corrected chi connectivity index (χ0v) is 11.6. The number of nitrogens with zero attached hydrogens (tertiary/aromatic N) is 2. The van der Waals surface area contributed by atoms with Crippen molar-refractivity contribution in [2.24, 2.45) is 0 Å². The van der Waals surface area contributed by atoms with Gasteiger partial charge in [0.05, 0.1) is 11.9 Å². The summed E-state index contributed by atoms with van der Waals surface area (Å²) in [7, 11) is 0. The van der Waals surface area contributed by atoms with Crippen molar-refractivity contribution in [2.45, 2.75) is 20.0 Å². The molecule has 0 aliphatic carbocycles. The number of ether oxygens (including phenoxy) is 1. The van der Waals surface area contributed by atoms with Crippen molar-refractivity contribution in [3.05, 3.63) is 59.6 Å². The lowest BCUT2D eigenvalue weighted by Crippen LogP contribution is -2.08. The maximum Gasteiger partial charge on any atom is 0.310 e. The predicted molar refractivity (Wildman–Crippen MR) is 76.5 cm³/mol. The van der Waals surface area contributed by atoms with E-state index in [4.69, 9.17) is 9.26 Å². The average molecular weight is 282 g/mol. The smallest absolute Gasteiger partial charge is 0.310 e. The molecule has 1 aromatic carbocycles. The first kappa shape index (κ1) is 13.3. The van der Waals surface area contributed by atoms with E-state index in [2.05, 4.69) is 10.1 Å². The Morgan fingerprint density at radius 2 is 2.14 bits per heavy atom. The summed E-state index contributed by atoms with van der Waals surface area (Å²) in [5.74, 6) is 0.383. The third-order valence-electron chi connectivity index (χ3n) is 3.11. The number of benzene rings is 1. The number of aryl methyl sites for hydroxylation is 1. The highest BCUT2D eigenvalue weighted by Crippen LogP contribution is 2.17. The first-order chi connectivity index (χ1) is 10.2. The number of aromatic nitrogens is 2. The Balaban J connectivity index is 1.69. The topological polar surface area (TPSA) is 65.2 Å². The van der Waals surface area contributed by atoms with Crippen molar-refractivity contribution in [1.82, 2.24) is 10.1 Å². The molecule has 0 N–H and O–H groups in total. The molecule has 3 aromatic rings. The molecule has 5 nitrogen and oxygen atoms in total. The van der Waals surface area contributed by atoms with Crippen LogP contribution in [0.1, 0.15) is 17.0 Å². The van der Waals surface area contributed by atoms with Crippen LogP contribution in [-0.2, 0) is 22.6 Å². The SMILES string of the molecule is Cc1cc(COC(=O)Cc2cccc3cccnc23)no1. The Hall–Kier alpha value is -2.69. The molecule has 0 fully saturated rings. The molecule has 0 atom stereocenters. The number of para-hydroxylation sites is 1. The van der Waals surface area contributed by atoms with Crippen LogP contribution in [0, 0.1) is 6.92 Å². The monoisotopic (exact) mass is 282 g/mol. The summed E-state index contributed by atoms with van der Waals surface area (Å²) in [6.07, 6.45) is 1.90. The number of hydrogen-bond acceptors (Lipinski definition) is 5. The fraction of sp³-hybridized carbons (Fsp3) is 0.188. The van der Waals surface area contributed by atoms with Gasteiger partial charge in [-0.3, -0.25) is 9.78 Å². The van der Waals surface area contributed by atoms with Gasteiger partial charge in [-0.25, -0.2) is 0 Å². The Morgan fingerprint density at radius 3 is 2.95 bits per heavy atom. The van der Waals surface area contributed by atoms with Crippen molar-refractivity contribution >= 4 is 16.9 Å². The van der Waals surface area contributed by atoms with E-state index in [1.54, 1.807) is 19.2 Å². The van der Waals surface area contributed by atoms with E-state index >= 15 is 0 Å². The molecule has 0 amide bonds. The van der Waals surface area contributed by atoms with Gasteiger partial charge in [0.2, 0.25) is 0 Å². The molecule has 0 aliphatic heterocycles. The minimum absolute atomic E-state index is 0.119. The highest BCUT2D eigenvalue weighted by molar-refractivity contribution is 5.85. The third-order valence-corrected chi connectivity index (χ3v) is 3.11. The molecular formula is C16H14N2O3. The predicted octanol–water partition coefficient (Wildman–Crippen LogP) is 2.82. The van der Waals surface area contributed by atoms with E-state index in [0.29, 0.717) is 11.5 Å². The minimum atomic E-state index is -0.311. The zero-order chi connectivity index (χ0) is 14.7. The summed E-state index contributed by atoms with van der Waals surface area (Å²) in [6, 6.07) is 11.3. The lowest BCUT2D eigenvalue weighted by atomic mass is 10.1. The number of rotatable bonds is 4. The number of esters is 1. The lowest BCUT2D eigenvalue weighted by molar-refractivity contribution is -0.144. The van der Waals surface area contributed by atoms with Gasteiger partial charge in [0, 0.05) is 17.6 Å². The molecule has 21 heavy (non-hydrogen) atoms. The van der Waals surface area contributed by atoms with Crippen LogP contribution < -0.4 is 0 Å². The van der Waals surface area contributed by atoms with Crippen LogP contribution in [0.3, 0.4) is 0 Å². The molecule has 0 unspecified atom stereocenters. The Morgan fingerprint density at radius 1 is 1.29 bits per heavy atom. The van der Waals surface area contributed by atoms with Gasteiger partial charge >= 0.3 is 5.97 Å². The second-order valence-electron chi connectivity index (χ2n) is 4.76. The molecule has 2 heterocycles. The summed E-state index contributed by atoms with van der Waals surface area (Å²) < 4.78 is 10.1. The zero-order valence-electron chi connectivity index (χ0n) is 11.6. The van der Waals surface area contributed by atoms with Gasteiger partial charge in [-0.15, -0.1) is 0 Å². The minimum Gasteiger partial charge on any atom is -0.459 e. The van der Waals surface area contributed by atoms with Gasteiger partial charge in [-0.05, 0) is 18.6 Å². The van der Waals surface area contributed by atoms with E-state index in [-0.39, 0.29) is 19.0 Å². The quantitative estimate of drug-likeness (QED) is 0.688. The summed E-state index contributed by atoms with van der Waals surface area (Å²) in [5, 5.41) is 4.79. The molecule has 0 radical (unpaired) electrons. The maximum absolute atomic E-state index is 11.9. The number of carbonyl (C=O) groups is 1. The molecule has 3 rings (SSSR count). The molecule has 5 heteroatoms. The van der Waals surface area contributed by atoms with Gasteiger partial charge in [0.1, 0.15) is 18.1 Å². The van der Waals surface area contributed by atoms with Gasteiger partial charge < -0.3 is 9.26 Å². The summed E-state index contributed by atoms with van der Waals surface area (Å²) >= 11 is 0. The average Bonchev–Trinajstić information content (AvgIpc) is 2.91. The van der Waals surface area contributed by atoms with Gasteiger partial charge in [-0.2, -0.15) is 0 Å². The summed E-state index contributed by atoms with van der Waals surface area (Å²) in [4.78, 5) is 16.2. The van der Waals surface area contributed by atoms with Gasteiger partial charge in [-0.1, -0.05) is 29.4 Å². The van der Waals surface area contributed by atoms with Crippen LogP contribution in [0.5, 0.6) is 0 Å². The molecule has 0 saturated heterocycles. The van der Waals surface area contributed by atoms with Crippen LogP contribution in [-0.4, -0.2) is 16.1 Å². The van der Waals surface area contributed by atoms with Crippen LogP contribution in [0.25, 0.3) is 10.9 Å². The molecule has 2 aromatic heterocycles. The molecule has 106 valence electrons. The van der Waals surface area contributed by atoms with Crippen LogP contribution in [0.4, 0.5) is 0 Å². The Kier molecular flexibility index (Phi) is 3.64.